The highest BCUT2D eigenvalue weighted by Gasteiger charge is 2.69. The minimum atomic E-state index is -0.534. The third-order valence-electron chi connectivity index (χ3n) is 12.4. The Labute approximate surface area is 235 Å². The second-order valence-electron chi connectivity index (χ2n) is 15.2. The molecule has 6 atom stereocenters. The Morgan fingerprint density at radius 1 is 0.744 bits per heavy atom. The number of fused-ring (bicyclic) bond motifs is 9. The normalized spacial score (nSPS) is 40.3. The summed E-state index contributed by atoms with van der Waals surface area (Å²) in [5.41, 5.74) is 10.8. The molecule has 3 nitrogen and oxygen atoms in total. The van der Waals surface area contributed by atoms with Crippen LogP contribution in [0.5, 0.6) is 0 Å². The van der Waals surface area contributed by atoms with E-state index in [1.165, 1.54) is 50.1 Å². The third kappa shape index (κ3) is 2.72. The summed E-state index contributed by atoms with van der Waals surface area (Å²) in [5, 5.41) is 0. The van der Waals surface area contributed by atoms with Gasteiger partial charge in [0.2, 0.25) is 0 Å². The standard InChI is InChI=1S/C36H46O3/c1-20-21(2)30-28-26(29(20)37-30)13-12-14-27(28)34-16-15-33(38-34,22(3)23(34)4)19-32(10,11)36-18-17-35(39-36,31(7,8)9)24(5)25(36)6/h12-16,29-30H,17-19H2,1-11H3. The smallest absolute Gasteiger partial charge is 0.135 e. The second-order valence-corrected chi connectivity index (χ2v) is 15.2. The lowest BCUT2D eigenvalue weighted by molar-refractivity contribution is -0.154. The number of rotatable bonds is 4. The molecule has 3 heteroatoms. The molecule has 1 aromatic rings. The molecule has 6 unspecified atom stereocenters. The van der Waals surface area contributed by atoms with Gasteiger partial charge in [0.25, 0.3) is 0 Å². The van der Waals surface area contributed by atoms with Crippen LogP contribution in [-0.2, 0) is 19.8 Å². The molecule has 39 heavy (non-hydrogen) atoms. The number of benzene rings is 1. The molecule has 0 radical (unpaired) electrons. The minimum Gasteiger partial charge on any atom is -0.359 e. The van der Waals surface area contributed by atoms with Gasteiger partial charge in [0, 0.05) is 5.41 Å². The third-order valence-corrected chi connectivity index (χ3v) is 12.4. The van der Waals surface area contributed by atoms with E-state index in [0.29, 0.717) is 0 Å². The van der Waals surface area contributed by atoms with Crippen LogP contribution >= 0.6 is 0 Å². The summed E-state index contributed by atoms with van der Waals surface area (Å²) in [6.07, 6.45) is 7.92. The van der Waals surface area contributed by atoms with E-state index in [0.717, 1.165) is 19.3 Å². The van der Waals surface area contributed by atoms with Gasteiger partial charge in [0.05, 0.1) is 11.2 Å². The Kier molecular flexibility index (Phi) is 4.85. The predicted octanol–water partition coefficient (Wildman–Crippen LogP) is 9.12. The highest BCUT2D eigenvalue weighted by atomic mass is 16.5. The van der Waals surface area contributed by atoms with Crippen LogP contribution in [0.15, 0.2) is 63.8 Å². The fourth-order valence-electron chi connectivity index (χ4n) is 9.71. The Bertz CT molecular complexity index is 1460. The van der Waals surface area contributed by atoms with Gasteiger partial charge in [0.15, 0.2) is 0 Å². The van der Waals surface area contributed by atoms with E-state index >= 15 is 0 Å². The topological polar surface area (TPSA) is 27.7 Å². The highest BCUT2D eigenvalue weighted by Crippen LogP contribution is 2.69. The summed E-state index contributed by atoms with van der Waals surface area (Å²) < 4.78 is 21.2. The fraction of sp³-hybridized carbons (Fsp3) is 0.611. The van der Waals surface area contributed by atoms with Crippen molar-refractivity contribution >= 4 is 0 Å². The molecule has 0 N–H and O–H groups in total. The first-order chi connectivity index (χ1) is 18.1. The van der Waals surface area contributed by atoms with Crippen molar-refractivity contribution in [3.05, 3.63) is 80.5 Å². The monoisotopic (exact) mass is 526 g/mol. The Morgan fingerprint density at radius 3 is 2.05 bits per heavy atom. The van der Waals surface area contributed by atoms with E-state index in [1.54, 1.807) is 0 Å². The Hall–Kier alpha value is -1.94. The van der Waals surface area contributed by atoms with Gasteiger partial charge in [-0.05, 0) is 129 Å². The maximum atomic E-state index is 7.38. The van der Waals surface area contributed by atoms with Gasteiger partial charge >= 0.3 is 0 Å². The molecule has 6 aliphatic heterocycles. The van der Waals surface area contributed by atoms with Crippen molar-refractivity contribution in [2.24, 2.45) is 10.8 Å². The zero-order valence-electron chi connectivity index (χ0n) is 25.9. The summed E-state index contributed by atoms with van der Waals surface area (Å²) in [5.74, 6) is 0. The van der Waals surface area contributed by atoms with Crippen molar-refractivity contribution in [1.29, 1.82) is 0 Å². The SMILES string of the molecule is CC1=C(C)C2OC1c1cccc(C34C=CC(CC(C)(C)C56CCC(C(C)(C)C)(O5)C(C)=C6C)(O3)C(C)=C4C)c12. The maximum Gasteiger partial charge on any atom is 0.135 e. The van der Waals surface area contributed by atoms with Gasteiger partial charge in [0.1, 0.15) is 23.4 Å². The molecule has 208 valence electrons. The number of hydrogen-bond acceptors (Lipinski definition) is 3. The lowest BCUT2D eigenvalue weighted by Gasteiger charge is -2.47. The first kappa shape index (κ1) is 26.0. The zero-order chi connectivity index (χ0) is 28.1. The van der Waals surface area contributed by atoms with Crippen molar-refractivity contribution in [3.63, 3.8) is 0 Å². The van der Waals surface area contributed by atoms with Crippen molar-refractivity contribution in [1.82, 2.24) is 0 Å². The molecular weight excluding hydrogens is 480 g/mol. The number of hydrogen-bond donors (Lipinski definition) is 0. The van der Waals surface area contributed by atoms with Crippen LogP contribution in [-0.4, -0.2) is 16.8 Å². The molecule has 6 aliphatic rings. The van der Waals surface area contributed by atoms with Gasteiger partial charge in [-0.25, -0.2) is 0 Å². The lowest BCUT2D eigenvalue weighted by Crippen LogP contribution is -2.49. The molecule has 1 fully saturated rings. The molecule has 0 aromatic heterocycles. The molecule has 6 heterocycles. The molecule has 6 bridgehead atoms. The van der Waals surface area contributed by atoms with Crippen molar-refractivity contribution in [2.75, 3.05) is 0 Å². The van der Waals surface area contributed by atoms with Crippen LogP contribution in [0, 0.1) is 10.8 Å². The molecule has 7 rings (SSSR count). The summed E-state index contributed by atoms with van der Waals surface area (Å²) in [6, 6.07) is 6.73. The van der Waals surface area contributed by atoms with Crippen molar-refractivity contribution in [2.45, 2.75) is 130 Å². The first-order valence-corrected chi connectivity index (χ1v) is 15.0. The first-order valence-electron chi connectivity index (χ1n) is 15.0. The van der Waals surface area contributed by atoms with Gasteiger partial charge in [-0.1, -0.05) is 52.8 Å². The van der Waals surface area contributed by atoms with Gasteiger partial charge in [-0.15, -0.1) is 0 Å². The van der Waals surface area contributed by atoms with Gasteiger partial charge in [-0.3, -0.25) is 0 Å². The quantitative estimate of drug-likeness (QED) is 0.366. The fourth-order valence-corrected chi connectivity index (χ4v) is 9.71. The van der Waals surface area contributed by atoms with Crippen LogP contribution in [0.2, 0.25) is 0 Å². The average molecular weight is 527 g/mol. The van der Waals surface area contributed by atoms with E-state index in [4.69, 9.17) is 14.2 Å². The van der Waals surface area contributed by atoms with Crippen LogP contribution in [0.1, 0.15) is 124 Å². The summed E-state index contributed by atoms with van der Waals surface area (Å²) >= 11 is 0. The van der Waals surface area contributed by atoms with E-state index in [9.17, 15) is 0 Å². The predicted molar refractivity (Wildman–Crippen MR) is 156 cm³/mol. The largest absolute Gasteiger partial charge is 0.359 e. The molecular formula is C36H46O3. The molecule has 1 aromatic carbocycles. The zero-order valence-corrected chi connectivity index (χ0v) is 25.9. The minimum absolute atomic E-state index is 0.0401. The molecule has 1 saturated heterocycles. The summed E-state index contributed by atoms with van der Waals surface area (Å²) in [4.78, 5) is 0. The highest BCUT2D eigenvalue weighted by molar-refractivity contribution is 5.61. The van der Waals surface area contributed by atoms with Crippen molar-refractivity contribution < 1.29 is 14.2 Å². The van der Waals surface area contributed by atoms with E-state index in [-0.39, 0.29) is 34.2 Å². The maximum absolute atomic E-state index is 7.38. The van der Waals surface area contributed by atoms with E-state index in [2.05, 4.69) is 107 Å². The van der Waals surface area contributed by atoms with Gasteiger partial charge in [-0.2, -0.15) is 0 Å². The van der Waals surface area contributed by atoms with Crippen LogP contribution in [0.3, 0.4) is 0 Å². The van der Waals surface area contributed by atoms with Crippen LogP contribution in [0.25, 0.3) is 0 Å². The van der Waals surface area contributed by atoms with Crippen LogP contribution < -0.4 is 0 Å². The van der Waals surface area contributed by atoms with E-state index in [1.807, 2.05) is 0 Å². The Morgan fingerprint density at radius 2 is 1.38 bits per heavy atom. The molecule has 0 amide bonds. The molecule has 0 spiro atoms. The summed E-state index contributed by atoms with van der Waals surface area (Å²) in [7, 11) is 0. The van der Waals surface area contributed by atoms with Gasteiger partial charge < -0.3 is 14.2 Å². The van der Waals surface area contributed by atoms with E-state index < -0.39 is 11.2 Å². The van der Waals surface area contributed by atoms with Crippen molar-refractivity contribution in [3.8, 4) is 0 Å². The Balaban J connectivity index is 1.27. The second kappa shape index (κ2) is 7.27. The molecule has 0 aliphatic carbocycles. The van der Waals surface area contributed by atoms with Crippen LogP contribution in [0.4, 0.5) is 0 Å². The lowest BCUT2D eigenvalue weighted by atomic mass is 9.59. The number of ether oxygens (including phenoxy) is 3. The molecule has 0 saturated carbocycles. The summed E-state index contributed by atoms with van der Waals surface area (Å²) in [6.45, 7) is 25.6. The average Bonchev–Trinajstić information content (AvgIpc) is 3.68.